The number of carbonyl (C=O) groups is 2. The van der Waals surface area contributed by atoms with Gasteiger partial charge >= 0.3 is 567 Å². The van der Waals surface area contributed by atoms with Gasteiger partial charge in [-0.15, -0.1) is 0 Å². The zero-order chi connectivity index (χ0) is 64.7. The Labute approximate surface area is 561 Å². The quantitative estimate of drug-likeness (QED) is 0.0365. The Hall–Kier alpha value is 3.44. The fourth-order valence-corrected chi connectivity index (χ4v) is 30.0. The van der Waals surface area contributed by atoms with Crippen LogP contribution in [-0.2, 0) is 74.8 Å². The Bertz CT molecular complexity index is 2140. The van der Waals surface area contributed by atoms with E-state index in [1.165, 1.54) is 11.1 Å². The third kappa shape index (κ3) is 31.8. The van der Waals surface area contributed by atoms with Crippen molar-refractivity contribution in [1.82, 2.24) is 0 Å². The summed E-state index contributed by atoms with van der Waals surface area (Å²) in [5, 5.41) is 93.8. The summed E-state index contributed by atoms with van der Waals surface area (Å²) >= 11 is 0.253. The zero-order valence-electron chi connectivity index (χ0n) is 45.1. The van der Waals surface area contributed by atoms with E-state index in [2.05, 4.69) is 62.1 Å². The van der Waals surface area contributed by atoms with E-state index in [-0.39, 0.29) is 166 Å². The first kappa shape index (κ1) is 87.4. The molecule has 4 fully saturated rings. The van der Waals surface area contributed by atoms with E-state index in [4.69, 9.17) is 68.0 Å². The number of carbonyl (C=O) groups excluding carboxylic acids is 2. The molecule has 2 aromatic carbocycles. The first-order valence-corrected chi connectivity index (χ1v) is 46.5. The Morgan fingerprint density at radius 3 is 1.23 bits per heavy atom. The standard InChI is InChI=1S/C12H15O4P3Se.C12H17O4P3Se.C5H9O4P3Se.C5H11O4P3Se.2C5H10O4Se/c13-6-10(16-17)12(19-15)11(18-14)8-20-7-9-4-2-1-3-5-9;13-6-10(15-17)12(16-18)11(19-14)8-20-7-9-4-2-1-3-5-9;6-5-3(9-10)4(12-8)2(11-7)1-13-5;6-5-4(9-11)3(8-10)2(12-7)1-13-5;2*6-2-1-10-5(9)4(8)3(2)7/h1-6,10-12H,7-8,17H2;1-6,10-12H,7-8,17-18H2;2-6H,1,10H2;2-6H,1,10-11H2;2*2-9H,1H2/t2*10?,11-,12-;2-,3?,4+,5?;3*2-,3+,4?,5?/m111111/s1. The molecule has 0 spiro atoms. The minimum absolute atomic E-state index is 0.00447. The molecule has 0 radical (unpaired) electrons. The number of benzene rings is 2. The summed E-state index contributed by atoms with van der Waals surface area (Å²) in [6.07, 6.45) is -8.35. The van der Waals surface area contributed by atoms with E-state index in [0.29, 0.717) is 48.8 Å². The summed E-state index contributed by atoms with van der Waals surface area (Å²) in [5.74, 6) is 0. The molecule has 4 aliphatic rings. The van der Waals surface area contributed by atoms with Crippen LogP contribution in [0.5, 0.6) is 0 Å². The molecule has 4 heterocycles. The molecule has 2 aromatic rings. The van der Waals surface area contributed by atoms with Crippen LogP contribution in [0, 0.1) is 0 Å². The van der Waals surface area contributed by atoms with Gasteiger partial charge in [-0.3, -0.25) is 0 Å². The SMILES string of the molecule is O=CC(OP)[C@@H](OP)[C@@H](C[Se]Cc1ccccc1)P=O.O=CC(OP)[C@@H](P=O)[C@@H](C[Se]Cc1ccccc1)P=O.O=P[C@@H]1C(OP)C(O)[Se]C[C@H]1P=O.O=P[C@@H]1C[Se]C(O)C(OP)[C@H]1OP.OC1[Se]C[C@@H](O)[C@H](O)C1O.OC1[Se]C[C@@H](O)[C@H](O)C1O. The first-order valence-electron chi connectivity index (χ1n) is 24.8. The number of aldehydes is 2. The topological polar surface area (TPSA) is 394 Å². The monoisotopic (exact) mass is 1840 g/mol. The average Bonchev–Trinajstić information content (AvgIpc) is 3.74. The molecule has 86 heavy (non-hydrogen) atoms. The van der Waals surface area contributed by atoms with Gasteiger partial charge in [0.05, 0.1) is 0 Å². The molecule has 0 amide bonds. The molecule has 0 saturated carbocycles. The zero-order valence-corrected chi connectivity index (χ0v) is 67.6. The maximum atomic E-state index is 11.3. The van der Waals surface area contributed by atoms with E-state index >= 15 is 0 Å². The predicted octanol–water partition coefficient (Wildman–Crippen LogP) is 1.96. The van der Waals surface area contributed by atoms with Crippen molar-refractivity contribution in [2.24, 2.45) is 0 Å². The molecule has 4 saturated heterocycles. The maximum absolute atomic E-state index is 11.3. The van der Waals surface area contributed by atoms with Gasteiger partial charge < -0.3 is 0 Å². The number of hydrogen-bond acceptors (Lipinski definition) is 24. The Balaban J connectivity index is 0.000000527. The van der Waals surface area contributed by atoms with Gasteiger partial charge in [0.15, 0.2) is 0 Å². The second-order valence-electron chi connectivity index (χ2n) is 17.8. The van der Waals surface area contributed by atoms with E-state index in [1.807, 2.05) is 55.3 Å². The Morgan fingerprint density at radius 1 is 0.477 bits per heavy atom. The molecule has 0 aliphatic carbocycles. The van der Waals surface area contributed by atoms with Gasteiger partial charge in [-0.1, -0.05) is 0 Å². The van der Waals surface area contributed by atoms with Crippen molar-refractivity contribution in [2.75, 3.05) is 0 Å². The molecular formula is C44H72O24P12Se6. The molecule has 42 heteroatoms. The van der Waals surface area contributed by atoms with Gasteiger partial charge in [-0.2, -0.15) is 0 Å². The van der Waals surface area contributed by atoms with Crippen LogP contribution in [0.1, 0.15) is 11.1 Å². The van der Waals surface area contributed by atoms with Gasteiger partial charge in [0.25, 0.3) is 0 Å². The van der Waals surface area contributed by atoms with E-state index < -0.39 is 86.7 Å². The van der Waals surface area contributed by atoms with Gasteiger partial charge in [-0.05, 0) is 0 Å². The van der Waals surface area contributed by atoms with Crippen LogP contribution >= 0.6 is 108 Å². The Kier molecular flexibility index (Phi) is 53.4. The number of rotatable bonds is 26. The second kappa shape index (κ2) is 52.5. The molecule has 0 bridgehead atoms. The predicted molar refractivity (Wildman–Crippen MR) is 352 cm³/mol. The fourth-order valence-electron chi connectivity index (χ4n) is 7.14. The first-order chi connectivity index (χ1) is 41.3. The van der Waals surface area contributed by atoms with Crippen molar-refractivity contribution in [2.45, 2.75) is 170 Å². The molecule has 10 N–H and O–H groups in total. The van der Waals surface area contributed by atoms with Crippen molar-refractivity contribution in [3.05, 3.63) is 71.8 Å². The summed E-state index contributed by atoms with van der Waals surface area (Å²) in [6, 6.07) is 20.2. The molecule has 0 aromatic heterocycles. The van der Waals surface area contributed by atoms with Crippen LogP contribution in [0.25, 0.3) is 0 Å². The molecule has 24 nitrogen and oxygen atoms in total. The van der Waals surface area contributed by atoms with Crippen LogP contribution in [0.3, 0.4) is 0 Å². The van der Waals surface area contributed by atoms with E-state index in [9.17, 15) is 47.2 Å². The number of aliphatic hydroxyl groups excluding tert-OH is 10. The summed E-state index contributed by atoms with van der Waals surface area (Å²) in [5.41, 5.74) is 0.801. The van der Waals surface area contributed by atoms with Crippen molar-refractivity contribution < 1.29 is 115 Å². The van der Waals surface area contributed by atoms with Crippen molar-refractivity contribution in [3.8, 4) is 0 Å². The molecule has 6 rings (SSSR count). The van der Waals surface area contributed by atoms with Crippen LogP contribution < -0.4 is 0 Å². The fraction of sp³-hybridized carbons (Fsp3) is 0.682. The summed E-state index contributed by atoms with van der Waals surface area (Å²) in [6.45, 7) is 0. The van der Waals surface area contributed by atoms with E-state index in [0.717, 1.165) is 21.3 Å². The normalized spacial score (nSPS) is 31.2. The summed E-state index contributed by atoms with van der Waals surface area (Å²) in [4.78, 5) is 21.8. The van der Waals surface area contributed by atoms with Crippen LogP contribution in [0.2, 0.25) is 31.9 Å². The van der Waals surface area contributed by atoms with Gasteiger partial charge in [0.1, 0.15) is 0 Å². The average molecular weight is 1830 g/mol. The van der Waals surface area contributed by atoms with Crippen LogP contribution in [-0.4, -0.2) is 281 Å². The Morgan fingerprint density at radius 2 is 0.884 bits per heavy atom. The van der Waals surface area contributed by atoms with Gasteiger partial charge in [-0.25, -0.2) is 0 Å². The molecule has 488 valence electrons. The van der Waals surface area contributed by atoms with Crippen LogP contribution in [0.15, 0.2) is 60.7 Å². The summed E-state index contributed by atoms with van der Waals surface area (Å²) < 4.78 is 96.3. The summed E-state index contributed by atoms with van der Waals surface area (Å²) in [7, 11) is 12.1. The van der Waals surface area contributed by atoms with Crippen molar-refractivity contribution in [3.63, 3.8) is 0 Å². The van der Waals surface area contributed by atoms with Crippen molar-refractivity contribution >= 4 is 210 Å². The van der Waals surface area contributed by atoms with E-state index in [1.54, 1.807) is 0 Å². The van der Waals surface area contributed by atoms with Gasteiger partial charge in [0.2, 0.25) is 0 Å². The second-order valence-corrected chi connectivity index (χ2v) is 38.5. The van der Waals surface area contributed by atoms with Crippen LogP contribution in [0.4, 0.5) is 0 Å². The molecule has 16 unspecified atom stereocenters. The third-order valence-electron chi connectivity index (χ3n) is 12.0. The minimum atomic E-state index is -1.18. The third-order valence-corrected chi connectivity index (χ3v) is 35.9. The number of hydrogen-bond donors (Lipinski definition) is 10. The molecular weight excluding hydrogens is 1760 g/mol. The van der Waals surface area contributed by atoms with Gasteiger partial charge in [0, 0.05) is 0 Å². The number of aliphatic hydroxyl groups is 10. The van der Waals surface area contributed by atoms with Crippen molar-refractivity contribution in [1.29, 1.82) is 0 Å². The molecule has 28 atom stereocenters. The molecule has 4 aliphatic heterocycles.